The van der Waals surface area contributed by atoms with Crippen LogP contribution < -0.4 is 9.47 Å². The van der Waals surface area contributed by atoms with Gasteiger partial charge >= 0.3 is 0 Å². The molecule has 0 radical (unpaired) electrons. The first-order valence-corrected chi connectivity index (χ1v) is 9.03. The molecule has 2 aliphatic rings. The van der Waals surface area contributed by atoms with Crippen LogP contribution in [0.1, 0.15) is 22.3 Å². The molecular formula is C21H22FNO3. The molecule has 4 rings (SSSR count). The molecular weight excluding hydrogens is 333 g/mol. The monoisotopic (exact) mass is 355 g/mol. The van der Waals surface area contributed by atoms with E-state index in [0.717, 1.165) is 30.8 Å². The molecule has 5 heteroatoms. The quantitative estimate of drug-likeness (QED) is 0.828. The highest BCUT2D eigenvalue weighted by Gasteiger charge is 2.26. The zero-order valence-electron chi connectivity index (χ0n) is 14.9. The summed E-state index contributed by atoms with van der Waals surface area (Å²) in [5.74, 6) is 1.63. The van der Waals surface area contributed by atoms with Crippen LogP contribution in [0.5, 0.6) is 11.5 Å². The van der Waals surface area contributed by atoms with Crippen molar-refractivity contribution in [1.29, 1.82) is 0 Å². The zero-order chi connectivity index (χ0) is 18.1. The SMILES string of the molecule is CN(CCc1c2c(cc3c1OCC3)OCC2)C(=O)Cc1cccc(F)c1. The summed E-state index contributed by atoms with van der Waals surface area (Å²) < 4.78 is 24.9. The Morgan fingerprint density at radius 2 is 2.04 bits per heavy atom. The van der Waals surface area contributed by atoms with Crippen LogP contribution in [-0.4, -0.2) is 37.6 Å². The summed E-state index contributed by atoms with van der Waals surface area (Å²) in [6, 6.07) is 8.31. The summed E-state index contributed by atoms with van der Waals surface area (Å²) in [6.07, 6.45) is 2.74. The smallest absolute Gasteiger partial charge is 0.226 e. The molecule has 0 saturated carbocycles. The van der Waals surface area contributed by atoms with Crippen LogP contribution in [-0.2, 0) is 30.5 Å². The van der Waals surface area contributed by atoms with Gasteiger partial charge in [-0.2, -0.15) is 0 Å². The van der Waals surface area contributed by atoms with E-state index in [1.54, 1.807) is 24.1 Å². The van der Waals surface area contributed by atoms with Crippen molar-refractivity contribution in [3.8, 4) is 11.5 Å². The third kappa shape index (κ3) is 3.26. The van der Waals surface area contributed by atoms with Crippen molar-refractivity contribution >= 4 is 5.91 Å². The number of fused-ring (bicyclic) bond motifs is 2. The zero-order valence-corrected chi connectivity index (χ0v) is 14.9. The minimum atomic E-state index is -0.314. The van der Waals surface area contributed by atoms with Crippen molar-refractivity contribution in [1.82, 2.24) is 4.90 Å². The molecule has 0 saturated heterocycles. The molecule has 2 aromatic rings. The number of ether oxygens (including phenoxy) is 2. The van der Waals surface area contributed by atoms with Crippen LogP contribution in [0.15, 0.2) is 30.3 Å². The van der Waals surface area contributed by atoms with E-state index in [-0.39, 0.29) is 18.1 Å². The van der Waals surface area contributed by atoms with Crippen LogP contribution in [0, 0.1) is 5.82 Å². The van der Waals surface area contributed by atoms with Crippen molar-refractivity contribution in [2.75, 3.05) is 26.8 Å². The molecule has 0 bridgehead atoms. The van der Waals surface area contributed by atoms with Crippen molar-refractivity contribution in [3.63, 3.8) is 0 Å². The van der Waals surface area contributed by atoms with Crippen molar-refractivity contribution in [2.24, 2.45) is 0 Å². The Hall–Kier alpha value is -2.56. The molecule has 2 heterocycles. The third-order valence-electron chi connectivity index (χ3n) is 5.13. The van der Waals surface area contributed by atoms with Gasteiger partial charge in [0.15, 0.2) is 0 Å². The number of carbonyl (C=O) groups excluding carboxylic acids is 1. The molecule has 4 nitrogen and oxygen atoms in total. The number of amides is 1. The molecule has 0 N–H and O–H groups in total. The maximum atomic E-state index is 13.3. The molecule has 0 atom stereocenters. The van der Waals surface area contributed by atoms with Gasteiger partial charge in [-0.1, -0.05) is 12.1 Å². The van der Waals surface area contributed by atoms with Gasteiger partial charge in [0.1, 0.15) is 17.3 Å². The topological polar surface area (TPSA) is 38.8 Å². The largest absolute Gasteiger partial charge is 0.493 e. The normalized spacial score (nSPS) is 14.4. The Kier molecular flexibility index (Phi) is 4.53. The number of halogens is 1. The lowest BCUT2D eigenvalue weighted by Gasteiger charge is -2.19. The van der Waals surface area contributed by atoms with Crippen molar-refractivity contribution in [3.05, 3.63) is 58.4 Å². The molecule has 0 spiro atoms. The third-order valence-corrected chi connectivity index (χ3v) is 5.13. The Bertz CT molecular complexity index is 817. The highest BCUT2D eigenvalue weighted by Crippen LogP contribution is 2.40. The molecule has 2 aromatic carbocycles. The van der Waals surface area contributed by atoms with Gasteiger partial charge < -0.3 is 14.4 Å². The lowest BCUT2D eigenvalue weighted by molar-refractivity contribution is -0.129. The highest BCUT2D eigenvalue weighted by atomic mass is 19.1. The van der Waals surface area contributed by atoms with Gasteiger partial charge in [0.25, 0.3) is 0 Å². The first kappa shape index (κ1) is 16.9. The Morgan fingerprint density at radius 1 is 1.19 bits per heavy atom. The number of benzene rings is 2. The number of rotatable bonds is 5. The van der Waals surface area contributed by atoms with Crippen LogP contribution in [0.25, 0.3) is 0 Å². The molecule has 0 unspecified atom stereocenters. The van der Waals surface area contributed by atoms with Crippen LogP contribution in [0.2, 0.25) is 0 Å². The lowest BCUT2D eigenvalue weighted by atomic mass is 9.97. The fourth-order valence-corrected chi connectivity index (χ4v) is 3.71. The molecule has 0 aromatic heterocycles. The van der Waals surface area contributed by atoms with Gasteiger partial charge in [-0.15, -0.1) is 0 Å². The number of likely N-dealkylation sites (N-methyl/N-ethyl adjacent to an activating group) is 1. The maximum Gasteiger partial charge on any atom is 0.226 e. The minimum absolute atomic E-state index is 0.0167. The van der Waals surface area contributed by atoms with E-state index >= 15 is 0 Å². The number of carbonyl (C=O) groups is 1. The number of hydrogen-bond acceptors (Lipinski definition) is 3. The minimum Gasteiger partial charge on any atom is -0.493 e. The van der Waals surface area contributed by atoms with Gasteiger partial charge in [0, 0.05) is 43.1 Å². The second kappa shape index (κ2) is 6.98. The molecule has 136 valence electrons. The fraction of sp³-hybridized carbons (Fsp3) is 0.381. The van der Waals surface area contributed by atoms with Crippen molar-refractivity contribution in [2.45, 2.75) is 25.7 Å². The van der Waals surface area contributed by atoms with Gasteiger partial charge in [-0.25, -0.2) is 4.39 Å². The van der Waals surface area contributed by atoms with Crippen LogP contribution >= 0.6 is 0 Å². The number of hydrogen-bond donors (Lipinski definition) is 0. The predicted molar refractivity (Wildman–Crippen MR) is 96.3 cm³/mol. The summed E-state index contributed by atoms with van der Waals surface area (Å²) in [4.78, 5) is 14.2. The summed E-state index contributed by atoms with van der Waals surface area (Å²) >= 11 is 0. The van der Waals surface area contributed by atoms with E-state index in [1.807, 2.05) is 0 Å². The second-order valence-corrected chi connectivity index (χ2v) is 6.89. The van der Waals surface area contributed by atoms with Crippen molar-refractivity contribution < 1.29 is 18.7 Å². The van der Waals surface area contributed by atoms with E-state index in [0.29, 0.717) is 25.3 Å². The first-order chi connectivity index (χ1) is 12.6. The summed E-state index contributed by atoms with van der Waals surface area (Å²) in [7, 11) is 1.79. The fourth-order valence-electron chi connectivity index (χ4n) is 3.71. The molecule has 2 aliphatic heterocycles. The first-order valence-electron chi connectivity index (χ1n) is 9.03. The molecule has 0 fully saturated rings. The van der Waals surface area contributed by atoms with Gasteiger partial charge in [0.05, 0.1) is 19.6 Å². The summed E-state index contributed by atoms with van der Waals surface area (Å²) in [5.41, 5.74) is 4.30. The second-order valence-electron chi connectivity index (χ2n) is 6.89. The summed E-state index contributed by atoms with van der Waals surface area (Å²) in [6.45, 7) is 2.01. The Labute approximate surface area is 152 Å². The predicted octanol–water partition coefficient (Wildman–Crippen LogP) is 2.94. The lowest BCUT2D eigenvalue weighted by Crippen LogP contribution is -2.30. The van der Waals surface area contributed by atoms with E-state index in [2.05, 4.69) is 6.07 Å². The average Bonchev–Trinajstić information content (AvgIpc) is 3.27. The molecule has 0 aliphatic carbocycles. The standard InChI is InChI=1S/C21H22FNO3/c1-23(20(24)12-14-3-2-4-16(22)11-14)8-5-18-17-7-10-25-19(17)13-15-6-9-26-21(15)18/h2-4,11,13H,5-10,12H2,1H3. The van der Waals surface area contributed by atoms with Gasteiger partial charge in [0.2, 0.25) is 5.91 Å². The Morgan fingerprint density at radius 3 is 2.88 bits per heavy atom. The van der Waals surface area contributed by atoms with Gasteiger partial charge in [-0.3, -0.25) is 4.79 Å². The summed E-state index contributed by atoms with van der Waals surface area (Å²) in [5, 5.41) is 0. The Balaban J connectivity index is 1.45. The molecule has 1 amide bonds. The van der Waals surface area contributed by atoms with Crippen LogP contribution in [0.3, 0.4) is 0 Å². The highest BCUT2D eigenvalue weighted by molar-refractivity contribution is 5.78. The average molecular weight is 355 g/mol. The number of nitrogens with zero attached hydrogens (tertiary/aromatic N) is 1. The maximum absolute atomic E-state index is 13.3. The van der Waals surface area contributed by atoms with Crippen LogP contribution in [0.4, 0.5) is 4.39 Å². The van der Waals surface area contributed by atoms with E-state index in [9.17, 15) is 9.18 Å². The molecule has 26 heavy (non-hydrogen) atoms. The van der Waals surface area contributed by atoms with Gasteiger partial charge in [-0.05, 0) is 30.2 Å². The van der Waals surface area contributed by atoms with E-state index in [4.69, 9.17) is 9.47 Å². The van der Waals surface area contributed by atoms with E-state index in [1.165, 1.54) is 28.8 Å². The van der Waals surface area contributed by atoms with E-state index < -0.39 is 0 Å².